The lowest BCUT2D eigenvalue weighted by atomic mass is 10.1. The zero-order chi connectivity index (χ0) is 13.0. The molecule has 0 bridgehead atoms. The SMILES string of the molecule is CCn1nccc1CNc1cccc(C)c1C#N. The summed E-state index contributed by atoms with van der Waals surface area (Å²) in [6.07, 6.45) is 1.79. The second-order valence-corrected chi connectivity index (χ2v) is 4.10. The lowest BCUT2D eigenvalue weighted by Gasteiger charge is -2.10. The highest BCUT2D eigenvalue weighted by Crippen LogP contribution is 2.19. The van der Waals surface area contributed by atoms with E-state index < -0.39 is 0 Å². The molecule has 0 aliphatic rings. The minimum absolute atomic E-state index is 0.673. The van der Waals surface area contributed by atoms with Gasteiger partial charge in [0.15, 0.2) is 0 Å². The maximum Gasteiger partial charge on any atom is 0.102 e. The molecule has 2 aromatic rings. The molecule has 4 nitrogen and oxygen atoms in total. The van der Waals surface area contributed by atoms with Crippen molar-refractivity contribution >= 4 is 5.69 Å². The van der Waals surface area contributed by atoms with E-state index in [1.165, 1.54) is 0 Å². The molecule has 18 heavy (non-hydrogen) atoms. The van der Waals surface area contributed by atoms with E-state index in [2.05, 4.69) is 23.4 Å². The highest BCUT2D eigenvalue weighted by Gasteiger charge is 2.05. The summed E-state index contributed by atoms with van der Waals surface area (Å²) in [6.45, 7) is 5.53. The Morgan fingerprint density at radius 1 is 1.39 bits per heavy atom. The molecule has 1 N–H and O–H groups in total. The maximum absolute atomic E-state index is 9.15. The van der Waals surface area contributed by atoms with Crippen molar-refractivity contribution in [3.8, 4) is 6.07 Å². The third-order valence-corrected chi connectivity index (χ3v) is 2.95. The van der Waals surface area contributed by atoms with Gasteiger partial charge in [0, 0.05) is 12.7 Å². The Hall–Kier alpha value is -2.28. The lowest BCUT2D eigenvalue weighted by Crippen LogP contribution is -2.08. The molecule has 0 spiro atoms. The quantitative estimate of drug-likeness (QED) is 0.894. The number of nitrogens with one attached hydrogen (secondary N) is 1. The van der Waals surface area contributed by atoms with E-state index in [0.29, 0.717) is 12.1 Å². The Morgan fingerprint density at radius 3 is 2.94 bits per heavy atom. The normalized spacial score (nSPS) is 10.1. The summed E-state index contributed by atoms with van der Waals surface area (Å²) in [5.74, 6) is 0. The Kier molecular flexibility index (Phi) is 3.63. The standard InChI is InChI=1S/C14H16N4/c1-3-18-12(7-8-17-18)10-16-14-6-4-5-11(2)13(14)9-15/h4-8,16H,3,10H2,1-2H3. The van der Waals surface area contributed by atoms with Gasteiger partial charge >= 0.3 is 0 Å². The van der Waals surface area contributed by atoms with E-state index in [0.717, 1.165) is 23.5 Å². The van der Waals surface area contributed by atoms with E-state index in [-0.39, 0.29) is 0 Å². The van der Waals surface area contributed by atoms with Gasteiger partial charge in [-0.25, -0.2) is 0 Å². The second kappa shape index (κ2) is 5.37. The van der Waals surface area contributed by atoms with Gasteiger partial charge in [0.25, 0.3) is 0 Å². The van der Waals surface area contributed by atoms with Gasteiger partial charge < -0.3 is 5.32 Å². The summed E-state index contributed by atoms with van der Waals surface area (Å²) in [4.78, 5) is 0. The number of nitriles is 1. The third kappa shape index (κ3) is 2.35. The van der Waals surface area contributed by atoms with Crippen LogP contribution in [0.15, 0.2) is 30.5 Å². The molecule has 1 heterocycles. The summed E-state index contributed by atoms with van der Waals surface area (Å²) < 4.78 is 1.94. The number of benzene rings is 1. The number of nitrogens with zero attached hydrogens (tertiary/aromatic N) is 3. The van der Waals surface area contributed by atoms with Crippen LogP contribution in [0.4, 0.5) is 5.69 Å². The monoisotopic (exact) mass is 240 g/mol. The van der Waals surface area contributed by atoms with Crippen LogP contribution in [0.25, 0.3) is 0 Å². The van der Waals surface area contributed by atoms with Crippen molar-refractivity contribution in [2.24, 2.45) is 0 Å². The molecule has 0 saturated carbocycles. The van der Waals surface area contributed by atoms with E-state index in [9.17, 15) is 0 Å². The summed E-state index contributed by atoms with van der Waals surface area (Å²) in [5, 5.41) is 16.7. The Labute approximate surface area is 107 Å². The van der Waals surface area contributed by atoms with Crippen molar-refractivity contribution in [2.45, 2.75) is 26.9 Å². The molecule has 4 heteroatoms. The number of aryl methyl sites for hydroxylation is 2. The van der Waals surface area contributed by atoms with Crippen molar-refractivity contribution in [3.63, 3.8) is 0 Å². The number of hydrogen-bond donors (Lipinski definition) is 1. The van der Waals surface area contributed by atoms with Crippen LogP contribution in [-0.2, 0) is 13.1 Å². The highest BCUT2D eigenvalue weighted by molar-refractivity contribution is 5.60. The fourth-order valence-electron chi connectivity index (χ4n) is 1.94. The number of aromatic nitrogens is 2. The van der Waals surface area contributed by atoms with Crippen molar-refractivity contribution in [2.75, 3.05) is 5.32 Å². The first-order chi connectivity index (χ1) is 8.76. The van der Waals surface area contributed by atoms with Crippen molar-refractivity contribution in [1.29, 1.82) is 5.26 Å². The van der Waals surface area contributed by atoms with E-state index in [1.807, 2.05) is 35.9 Å². The van der Waals surface area contributed by atoms with Gasteiger partial charge in [0.2, 0.25) is 0 Å². The smallest absolute Gasteiger partial charge is 0.102 e. The van der Waals surface area contributed by atoms with Gasteiger partial charge in [-0.2, -0.15) is 10.4 Å². The average molecular weight is 240 g/mol. The molecular weight excluding hydrogens is 224 g/mol. The van der Waals surface area contributed by atoms with Crippen LogP contribution in [0.1, 0.15) is 23.7 Å². The number of rotatable bonds is 4. The van der Waals surface area contributed by atoms with Crippen LogP contribution >= 0.6 is 0 Å². The zero-order valence-electron chi connectivity index (χ0n) is 10.6. The molecule has 1 aromatic carbocycles. The molecule has 0 fully saturated rings. The topological polar surface area (TPSA) is 53.6 Å². The highest BCUT2D eigenvalue weighted by atomic mass is 15.3. The van der Waals surface area contributed by atoms with Gasteiger partial charge in [-0.3, -0.25) is 4.68 Å². The Bertz CT molecular complexity index is 578. The van der Waals surface area contributed by atoms with Crippen LogP contribution in [0.3, 0.4) is 0 Å². The maximum atomic E-state index is 9.15. The summed E-state index contributed by atoms with van der Waals surface area (Å²) in [6, 6.07) is 10.0. The molecule has 0 radical (unpaired) electrons. The fraction of sp³-hybridized carbons (Fsp3) is 0.286. The van der Waals surface area contributed by atoms with E-state index in [4.69, 9.17) is 5.26 Å². The largest absolute Gasteiger partial charge is 0.378 e. The van der Waals surface area contributed by atoms with E-state index >= 15 is 0 Å². The first-order valence-electron chi connectivity index (χ1n) is 6.00. The van der Waals surface area contributed by atoms with Gasteiger partial charge in [-0.1, -0.05) is 12.1 Å². The number of anilines is 1. The molecule has 1 aromatic heterocycles. The molecule has 0 amide bonds. The molecule has 0 saturated heterocycles. The predicted octanol–water partition coefficient (Wildman–Crippen LogP) is 2.70. The summed E-state index contributed by atoms with van der Waals surface area (Å²) in [7, 11) is 0. The predicted molar refractivity (Wildman–Crippen MR) is 71.1 cm³/mol. The van der Waals surface area contributed by atoms with Gasteiger partial charge in [0.05, 0.1) is 23.5 Å². The Morgan fingerprint density at radius 2 is 2.22 bits per heavy atom. The molecule has 0 aliphatic carbocycles. The van der Waals surface area contributed by atoms with Crippen LogP contribution in [0.5, 0.6) is 0 Å². The zero-order valence-corrected chi connectivity index (χ0v) is 10.6. The van der Waals surface area contributed by atoms with Crippen molar-refractivity contribution in [3.05, 3.63) is 47.3 Å². The Balaban J connectivity index is 2.16. The van der Waals surface area contributed by atoms with Gasteiger partial charge in [0.1, 0.15) is 6.07 Å². The second-order valence-electron chi connectivity index (χ2n) is 4.10. The molecule has 2 rings (SSSR count). The molecule has 0 unspecified atom stereocenters. The summed E-state index contributed by atoms with van der Waals surface area (Å²) >= 11 is 0. The van der Waals surface area contributed by atoms with Gasteiger partial charge in [-0.05, 0) is 31.5 Å². The minimum Gasteiger partial charge on any atom is -0.378 e. The molecular formula is C14H16N4. The fourth-order valence-corrected chi connectivity index (χ4v) is 1.94. The lowest BCUT2D eigenvalue weighted by molar-refractivity contribution is 0.627. The van der Waals surface area contributed by atoms with Crippen LogP contribution in [0.2, 0.25) is 0 Å². The van der Waals surface area contributed by atoms with E-state index in [1.54, 1.807) is 6.20 Å². The van der Waals surface area contributed by atoms with Crippen molar-refractivity contribution in [1.82, 2.24) is 9.78 Å². The molecule has 0 atom stereocenters. The van der Waals surface area contributed by atoms with Crippen LogP contribution < -0.4 is 5.32 Å². The average Bonchev–Trinajstić information content (AvgIpc) is 2.83. The van der Waals surface area contributed by atoms with Gasteiger partial charge in [-0.15, -0.1) is 0 Å². The van der Waals surface area contributed by atoms with Crippen LogP contribution in [-0.4, -0.2) is 9.78 Å². The van der Waals surface area contributed by atoms with Crippen molar-refractivity contribution < 1.29 is 0 Å². The first kappa shape index (κ1) is 12.2. The molecule has 92 valence electrons. The summed E-state index contributed by atoms with van der Waals surface area (Å²) in [5.41, 5.74) is 3.69. The number of hydrogen-bond acceptors (Lipinski definition) is 3. The van der Waals surface area contributed by atoms with Crippen LogP contribution in [0, 0.1) is 18.3 Å². The third-order valence-electron chi connectivity index (χ3n) is 2.95. The molecule has 0 aliphatic heterocycles. The minimum atomic E-state index is 0.673. The first-order valence-corrected chi connectivity index (χ1v) is 6.00.